The lowest BCUT2D eigenvalue weighted by Crippen LogP contribution is -1.96. The molecule has 0 saturated heterocycles. The van der Waals surface area contributed by atoms with Gasteiger partial charge in [-0.05, 0) is 89.9 Å². The van der Waals surface area contributed by atoms with Crippen LogP contribution in [0.3, 0.4) is 0 Å². The first kappa shape index (κ1) is 32.1. The first-order chi connectivity index (χ1) is 28.2. The molecule has 12 aromatic rings. The maximum Gasteiger partial charge on any atom is 0.160 e. The predicted octanol–water partition coefficient (Wildman–Crippen LogP) is 15.3. The van der Waals surface area contributed by atoms with E-state index in [2.05, 4.69) is 188 Å². The lowest BCUT2D eigenvalue weighted by atomic mass is 9.90. The van der Waals surface area contributed by atoms with Crippen LogP contribution in [0.4, 0.5) is 0 Å². The van der Waals surface area contributed by atoms with Gasteiger partial charge >= 0.3 is 0 Å². The highest BCUT2D eigenvalue weighted by molar-refractivity contribution is 7.27. The zero-order valence-corrected chi connectivity index (χ0v) is 31.6. The number of nitrogens with zero attached hydrogens (tertiary/aromatic N) is 2. The van der Waals surface area contributed by atoms with Crippen molar-refractivity contribution in [1.29, 1.82) is 0 Å². The van der Waals surface area contributed by atoms with Gasteiger partial charge in [0.2, 0.25) is 0 Å². The van der Waals surface area contributed by atoms with E-state index < -0.39 is 0 Å². The summed E-state index contributed by atoms with van der Waals surface area (Å²) < 4.78 is 2.56. The Hall–Kier alpha value is -7.20. The highest BCUT2D eigenvalue weighted by Gasteiger charge is 2.21. The first-order valence-corrected chi connectivity index (χ1v) is 20.2. The van der Waals surface area contributed by atoms with Crippen molar-refractivity contribution in [2.45, 2.75) is 0 Å². The molecular weight excluding hydrogens is 709 g/mol. The fourth-order valence-electron chi connectivity index (χ4n) is 8.86. The summed E-state index contributed by atoms with van der Waals surface area (Å²) in [5.41, 5.74) is 7.34. The lowest BCUT2D eigenvalue weighted by molar-refractivity contribution is 1.19. The summed E-state index contributed by atoms with van der Waals surface area (Å²) in [5, 5.41) is 15.1. The average Bonchev–Trinajstić information content (AvgIpc) is 3.66. The van der Waals surface area contributed by atoms with Gasteiger partial charge in [0.25, 0.3) is 0 Å². The minimum atomic E-state index is 0.711. The van der Waals surface area contributed by atoms with Crippen molar-refractivity contribution in [2.24, 2.45) is 0 Å². The highest BCUT2D eigenvalue weighted by Crippen LogP contribution is 2.49. The minimum absolute atomic E-state index is 0.711. The third-order valence-corrected chi connectivity index (χ3v) is 12.8. The average molecular weight is 741 g/mol. The van der Waals surface area contributed by atoms with E-state index in [-0.39, 0.29) is 0 Å². The number of rotatable bonds is 4. The Morgan fingerprint density at radius 1 is 0.316 bits per heavy atom. The molecule has 0 fully saturated rings. The molecule has 0 saturated carbocycles. The van der Waals surface area contributed by atoms with Gasteiger partial charge in [-0.2, -0.15) is 0 Å². The van der Waals surface area contributed by atoms with Crippen LogP contribution < -0.4 is 0 Å². The molecule has 3 heteroatoms. The maximum absolute atomic E-state index is 5.44. The Morgan fingerprint density at radius 2 is 0.877 bits per heavy atom. The van der Waals surface area contributed by atoms with Crippen molar-refractivity contribution in [3.63, 3.8) is 0 Å². The van der Waals surface area contributed by atoms with Crippen molar-refractivity contribution in [3.05, 3.63) is 194 Å². The molecule has 57 heavy (non-hydrogen) atoms. The second kappa shape index (κ2) is 12.7. The van der Waals surface area contributed by atoms with E-state index >= 15 is 0 Å². The predicted molar refractivity (Wildman–Crippen MR) is 244 cm³/mol. The van der Waals surface area contributed by atoms with Crippen molar-refractivity contribution < 1.29 is 0 Å². The molecule has 2 heterocycles. The van der Waals surface area contributed by atoms with Gasteiger partial charge in [0.15, 0.2) is 5.82 Å². The normalized spacial score (nSPS) is 11.9. The molecule has 2 aromatic heterocycles. The summed E-state index contributed by atoms with van der Waals surface area (Å²) in [6, 6.07) is 70.2. The summed E-state index contributed by atoms with van der Waals surface area (Å²) in [6.07, 6.45) is 0. The fraction of sp³-hybridized carbons (Fsp3) is 0. The van der Waals surface area contributed by atoms with E-state index in [1.165, 1.54) is 85.2 Å². The van der Waals surface area contributed by atoms with Gasteiger partial charge in [0.05, 0.1) is 11.4 Å². The Labute approximate surface area is 333 Å². The summed E-state index contributed by atoms with van der Waals surface area (Å²) in [5.74, 6) is 0.711. The quantitative estimate of drug-likeness (QED) is 0.168. The van der Waals surface area contributed by atoms with E-state index in [0.717, 1.165) is 28.1 Å². The van der Waals surface area contributed by atoms with Crippen LogP contribution in [0, 0.1) is 0 Å². The topological polar surface area (TPSA) is 25.8 Å². The van der Waals surface area contributed by atoms with Gasteiger partial charge in [-0.25, -0.2) is 9.97 Å². The lowest BCUT2D eigenvalue weighted by Gasteiger charge is -2.15. The second-order valence-corrected chi connectivity index (χ2v) is 16.0. The van der Waals surface area contributed by atoms with E-state index in [1.807, 2.05) is 17.4 Å². The van der Waals surface area contributed by atoms with Gasteiger partial charge < -0.3 is 0 Å². The first-order valence-electron chi connectivity index (χ1n) is 19.4. The molecule has 2 nitrogen and oxygen atoms in total. The van der Waals surface area contributed by atoms with E-state index in [9.17, 15) is 0 Å². The van der Waals surface area contributed by atoms with Gasteiger partial charge in [-0.1, -0.05) is 164 Å². The van der Waals surface area contributed by atoms with Crippen LogP contribution in [0.2, 0.25) is 0 Å². The van der Waals surface area contributed by atoms with Crippen LogP contribution in [0.1, 0.15) is 0 Å². The van der Waals surface area contributed by atoms with E-state index in [1.54, 1.807) is 0 Å². The van der Waals surface area contributed by atoms with Crippen molar-refractivity contribution in [3.8, 4) is 45.0 Å². The molecule has 0 amide bonds. The largest absolute Gasteiger partial charge is 0.228 e. The third-order valence-electron chi connectivity index (χ3n) is 11.6. The summed E-state index contributed by atoms with van der Waals surface area (Å²) >= 11 is 1.90. The molecule has 0 spiro atoms. The molecule has 0 radical (unpaired) electrons. The molecule has 12 rings (SSSR count). The SMILES string of the molecule is c1ccc(-c2nc(-c3ccc(-c4ccc5ccccc5c4)cc3)cc(-c3cc4c5ccccc5c5ccccc5c4c4sc5cc6ccccc6cc5c34)n2)cc1. The van der Waals surface area contributed by atoms with Gasteiger partial charge in [-0.3, -0.25) is 0 Å². The molecule has 0 N–H and O–H groups in total. The number of hydrogen-bond donors (Lipinski definition) is 0. The molecule has 0 unspecified atom stereocenters. The van der Waals surface area contributed by atoms with Crippen molar-refractivity contribution in [1.82, 2.24) is 9.97 Å². The number of aromatic nitrogens is 2. The van der Waals surface area contributed by atoms with Crippen molar-refractivity contribution >= 4 is 85.4 Å². The zero-order chi connectivity index (χ0) is 37.5. The van der Waals surface area contributed by atoms with Gasteiger partial charge in [-0.15, -0.1) is 11.3 Å². The Kier molecular flexibility index (Phi) is 7.13. The molecular formula is C54H32N2S. The standard InChI is InChI=1S/C54H32N2S/c1-2-13-36(14-3-1)54-55-48(35-25-22-34(23-26-35)40-27-24-33-12-4-5-15-37(33)28-40)32-49(56-54)46-31-45-43-20-9-8-18-41(43)42-19-10-11-21-44(42)51(45)53-52(46)47-29-38-16-6-7-17-39(38)30-50(47)57-53/h1-32H. The van der Waals surface area contributed by atoms with Crippen LogP contribution in [-0.2, 0) is 0 Å². The third kappa shape index (κ3) is 5.17. The van der Waals surface area contributed by atoms with E-state index in [4.69, 9.17) is 9.97 Å². The number of hydrogen-bond acceptors (Lipinski definition) is 3. The molecule has 0 aliphatic carbocycles. The second-order valence-electron chi connectivity index (χ2n) is 14.9. The number of benzene rings is 10. The summed E-state index contributed by atoms with van der Waals surface area (Å²) in [6.45, 7) is 0. The minimum Gasteiger partial charge on any atom is -0.228 e. The summed E-state index contributed by atoms with van der Waals surface area (Å²) in [7, 11) is 0. The van der Waals surface area contributed by atoms with Crippen LogP contribution in [0.5, 0.6) is 0 Å². The molecule has 0 aliphatic rings. The monoisotopic (exact) mass is 740 g/mol. The van der Waals surface area contributed by atoms with Crippen LogP contribution in [0.25, 0.3) is 119 Å². The highest BCUT2D eigenvalue weighted by atomic mass is 32.1. The smallest absolute Gasteiger partial charge is 0.160 e. The molecule has 0 aliphatic heterocycles. The van der Waals surface area contributed by atoms with E-state index in [0.29, 0.717) is 5.82 Å². The van der Waals surface area contributed by atoms with Crippen LogP contribution in [0.15, 0.2) is 194 Å². The zero-order valence-electron chi connectivity index (χ0n) is 30.8. The van der Waals surface area contributed by atoms with Crippen molar-refractivity contribution in [2.75, 3.05) is 0 Å². The Balaban J connectivity index is 1.15. The van der Waals surface area contributed by atoms with Gasteiger partial charge in [0, 0.05) is 42.2 Å². The molecule has 0 bridgehead atoms. The number of thiophene rings is 1. The Bertz CT molecular complexity index is 3570. The van der Waals surface area contributed by atoms with Gasteiger partial charge in [0.1, 0.15) is 0 Å². The van der Waals surface area contributed by atoms with Crippen LogP contribution >= 0.6 is 11.3 Å². The summed E-state index contributed by atoms with van der Waals surface area (Å²) in [4.78, 5) is 10.7. The molecule has 264 valence electrons. The maximum atomic E-state index is 5.44. The molecule has 10 aromatic carbocycles. The fourth-order valence-corrected chi connectivity index (χ4v) is 10.2. The Morgan fingerprint density at radius 3 is 1.63 bits per heavy atom. The van der Waals surface area contributed by atoms with Crippen LogP contribution in [-0.4, -0.2) is 9.97 Å². The number of fused-ring (bicyclic) bond motifs is 12. The molecule has 0 atom stereocenters.